The van der Waals surface area contributed by atoms with Gasteiger partial charge in [-0.1, -0.05) is 18.2 Å². The average Bonchev–Trinajstić information content (AvgIpc) is 3.28. The summed E-state index contributed by atoms with van der Waals surface area (Å²) in [6, 6.07) is 8.15. The van der Waals surface area contributed by atoms with Gasteiger partial charge < -0.3 is 14.5 Å². The lowest BCUT2D eigenvalue weighted by Crippen LogP contribution is -2.35. The van der Waals surface area contributed by atoms with E-state index in [1.807, 2.05) is 17.0 Å². The van der Waals surface area contributed by atoms with Crippen molar-refractivity contribution in [1.82, 2.24) is 14.9 Å². The second-order valence-electron chi connectivity index (χ2n) is 8.31. The van der Waals surface area contributed by atoms with Crippen LogP contribution < -0.4 is 9.64 Å². The van der Waals surface area contributed by atoms with Crippen molar-refractivity contribution in [3.63, 3.8) is 0 Å². The van der Waals surface area contributed by atoms with Gasteiger partial charge in [0.2, 0.25) is 5.91 Å². The van der Waals surface area contributed by atoms with Crippen LogP contribution in [0.4, 0.5) is 5.82 Å². The fraction of sp³-hybridized carbons (Fsp3) is 0.542. The summed E-state index contributed by atoms with van der Waals surface area (Å²) in [5.74, 6) is 3.20. The van der Waals surface area contributed by atoms with Gasteiger partial charge in [-0.15, -0.1) is 11.6 Å². The van der Waals surface area contributed by atoms with Crippen molar-refractivity contribution < 1.29 is 9.53 Å². The van der Waals surface area contributed by atoms with Gasteiger partial charge in [-0.3, -0.25) is 4.79 Å². The smallest absolute Gasteiger partial charge is 0.224 e. The molecule has 2 aliphatic heterocycles. The van der Waals surface area contributed by atoms with Crippen LogP contribution >= 0.6 is 11.6 Å². The maximum Gasteiger partial charge on any atom is 0.224 e. The van der Waals surface area contributed by atoms with Crippen LogP contribution in [0.3, 0.4) is 0 Å². The topological polar surface area (TPSA) is 58.6 Å². The number of fused-ring (bicyclic) bond motifs is 1. The Morgan fingerprint density at radius 3 is 2.87 bits per heavy atom. The quantitative estimate of drug-likeness (QED) is 0.604. The summed E-state index contributed by atoms with van der Waals surface area (Å²) in [7, 11) is 1.72. The Morgan fingerprint density at radius 2 is 2.06 bits per heavy atom. The lowest BCUT2D eigenvalue weighted by Gasteiger charge is -2.32. The van der Waals surface area contributed by atoms with E-state index in [0.29, 0.717) is 12.3 Å². The van der Waals surface area contributed by atoms with Gasteiger partial charge in [0.05, 0.1) is 13.2 Å². The van der Waals surface area contributed by atoms with Crippen LogP contribution in [-0.4, -0.2) is 53.4 Å². The number of hydrogen-bond acceptors (Lipinski definition) is 5. The third-order valence-electron chi connectivity index (χ3n) is 6.39. The molecule has 6 nitrogen and oxygen atoms in total. The Hall–Kier alpha value is -2.34. The number of alkyl halides is 1. The molecule has 7 heteroatoms. The monoisotopic (exact) mass is 442 g/mol. The predicted octanol–water partition coefficient (Wildman–Crippen LogP) is 4.08. The third kappa shape index (κ3) is 4.64. The lowest BCUT2D eigenvalue weighted by molar-refractivity contribution is -0.131. The normalized spacial score (nSPS) is 18.2. The zero-order valence-corrected chi connectivity index (χ0v) is 19.2. The summed E-state index contributed by atoms with van der Waals surface area (Å²) in [4.78, 5) is 26.7. The lowest BCUT2D eigenvalue weighted by atomic mass is 10.0. The molecule has 4 rings (SSSR count). The molecular weight excluding hydrogens is 412 g/mol. The van der Waals surface area contributed by atoms with E-state index >= 15 is 0 Å². The first-order valence-electron chi connectivity index (χ1n) is 11.2. The molecule has 1 aromatic heterocycles. The van der Waals surface area contributed by atoms with Gasteiger partial charge in [0.1, 0.15) is 11.6 Å². The number of methoxy groups -OCH3 is 1. The summed E-state index contributed by atoms with van der Waals surface area (Å²) in [5.41, 5.74) is 3.49. The van der Waals surface area contributed by atoms with Crippen molar-refractivity contribution in [2.24, 2.45) is 0 Å². The highest BCUT2D eigenvalue weighted by molar-refractivity contribution is 6.18. The number of benzene rings is 1. The van der Waals surface area contributed by atoms with Crippen molar-refractivity contribution in [1.29, 1.82) is 0 Å². The van der Waals surface area contributed by atoms with Gasteiger partial charge in [0.25, 0.3) is 0 Å². The average molecular weight is 443 g/mol. The summed E-state index contributed by atoms with van der Waals surface area (Å²) in [6.07, 6.45) is 5.26. The first-order chi connectivity index (χ1) is 15.1. The fourth-order valence-electron chi connectivity index (χ4n) is 4.80. The van der Waals surface area contributed by atoms with E-state index in [2.05, 4.69) is 24.0 Å². The molecule has 1 fully saturated rings. The molecule has 3 heterocycles. The number of anilines is 1. The Kier molecular flexibility index (Phi) is 6.96. The molecule has 1 atom stereocenters. The van der Waals surface area contributed by atoms with E-state index in [9.17, 15) is 4.79 Å². The van der Waals surface area contributed by atoms with Crippen LogP contribution in [0.2, 0.25) is 0 Å². The number of amides is 1. The maximum atomic E-state index is 12.6. The summed E-state index contributed by atoms with van der Waals surface area (Å²) in [5, 5.41) is 0. The fourth-order valence-corrected chi connectivity index (χ4v) is 4.96. The summed E-state index contributed by atoms with van der Waals surface area (Å²) >= 11 is 5.82. The number of hydrogen-bond donors (Lipinski definition) is 0. The highest BCUT2D eigenvalue weighted by Gasteiger charge is 2.33. The number of para-hydroxylation sites is 1. The van der Waals surface area contributed by atoms with Crippen LogP contribution in [0.5, 0.6) is 5.75 Å². The molecule has 0 bridgehead atoms. The van der Waals surface area contributed by atoms with Gasteiger partial charge >= 0.3 is 0 Å². The minimum Gasteiger partial charge on any atom is -0.496 e. The molecule has 2 aliphatic rings. The van der Waals surface area contributed by atoms with E-state index in [1.165, 1.54) is 11.1 Å². The molecule has 0 aliphatic carbocycles. The maximum absolute atomic E-state index is 12.6. The second kappa shape index (κ2) is 9.86. The number of aromatic nitrogens is 2. The third-order valence-corrected chi connectivity index (χ3v) is 6.58. The summed E-state index contributed by atoms with van der Waals surface area (Å²) in [6.45, 7) is 4.70. The van der Waals surface area contributed by atoms with Crippen LogP contribution in [0.25, 0.3) is 0 Å². The highest BCUT2D eigenvalue weighted by Crippen LogP contribution is 2.34. The van der Waals surface area contributed by atoms with Gasteiger partial charge in [0, 0.05) is 43.2 Å². The zero-order chi connectivity index (χ0) is 21.8. The van der Waals surface area contributed by atoms with E-state index in [4.69, 9.17) is 26.3 Å². The Balaban J connectivity index is 1.58. The largest absolute Gasteiger partial charge is 0.496 e. The molecule has 0 N–H and O–H groups in total. The second-order valence-corrected chi connectivity index (χ2v) is 8.68. The zero-order valence-electron chi connectivity index (χ0n) is 18.4. The van der Waals surface area contributed by atoms with Crippen molar-refractivity contribution in [3.05, 3.63) is 46.9 Å². The molecular formula is C24H31ClN4O2. The number of ether oxygens (including phenoxy) is 1. The number of carbonyl (C=O) groups excluding carboxylic acids is 1. The Bertz CT molecular complexity index is 936. The van der Waals surface area contributed by atoms with Crippen LogP contribution in [0, 0.1) is 6.92 Å². The van der Waals surface area contributed by atoms with Crippen molar-refractivity contribution in [3.8, 4) is 5.75 Å². The Morgan fingerprint density at radius 1 is 1.23 bits per heavy atom. The minimum atomic E-state index is -0.0438. The number of aryl methyl sites for hydroxylation is 1. The SMILES string of the molecule is COc1ccccc1CCN1CCCc2c(C)nc(C3CCCN3C(=O)CCCl)nc21. The molecule has 1 aromatic carbocycles. The molecule has 1 unspecified atom stereocenters. The van der Waals surface area contributed by atoms with E-state index < -0.39 is 0 Å². The number of likely N-dealkylation sites (tertiary alicyclic amines) is 1. The molecule has 2 aromatic rings. The van der Waals surface area contributed by atoms with E-state index in [1.54, 1.807) is 7.11 Å². The van der Waals surface area contributed by atoms with Gasteiger partial charge in [-0.05, 0) is 50.7 Å². The highest BCUT2D eigenvalue weighted by atomic mass is 35.5. The van der Waals surface area contributed by atoms with E-state index in [-0.39, 0.29) is 11.9 Å². The number of halogens is 1. The molecule has 1 saturated heterocycles. The first kappa shape index (κ1) is 21.9. The molecule has 0 spiro atoms. The number of carbonyl (C=O) groups is 1. The molecule has 0 saturated carbocycles. The van der Waals surface area contributed by atoms with Crippen LogP contribution in [0.1, 0.15) is 54.4 Å². The number of rotatable bonds is 7. The molecule has 166 valence electrons. The van der Waals surface area contributed by atoms with Crippen LogP contribution in [0.15, 0.2) is 24.3 Å². The van der Waals surface area contributed by atoms with E-state index in [0.717, 1.165) is 74.8 Å². The predicted molar refractivity (Wildman–Crippen MR) is 123 cm³/mol. The van der Waals surface area contributed by atoms with Crippen molar-refractivity contribution >= 4 is 23.3 Å². The van der Waals surface area contributed by atoms with Gasteiger partial charge in [-0.25, -0.2) is 9.97 Å². The van der Waals surface area contributed by atoms with Gasteiger partial charge in [0.15, 0.2) is 5.82 Å². The first-order valence-corrected chi connectivity index (χ1v) is 11.8. The number of nitrogens with zero attached hydrogens (tertiary/aromatic N) is 4. The van der Waals surface area contributed by atoms with Crippen molar-refractivity contribution in [2.75, 3.05) is 37.5 Å². The standard InChI is InChI=1S/C24H31ClN4O2/c1-17-19-8-5-14-28(16-12-18-7-3-4-10-21(18)31-2)24(19)27-23(26-17)20-9-6-15-29(20)22(30)11-13-25/h3-4,7,10,20H,5-6,8-9,11-16H2,1-2H3. The molecule has 1 amide bonds. The molecule has 31 heavy (non-hydrogen) atoms. The molecule has 0 radical (unpaired) electrons. The Labute approximate surface area is 189 Å². The van der Waals surface area contributed by atoms with Gasteiger partial charge in [-0.2, -0.15) is 0 Å². The van der Waals surface area contributed by atoms with Crippen molar-refractivity contribution in [2.45, 2.75) is 51.5 Å². The van der Waals surface area contributed by atoms with Crippen LogP contribution in [-0.2, 0) is 17.6 Å². The summed E-state index contributed by atoms with van der Waals surface area (Å²) < 4.78 is 5.52. The minimum absolute atomic E-state index is 0.0438.